The molecule has 0 fully saturated rings. The van der Waals surface area contributed by atoms with Crippen molar-refractivity contribution in [3.8, 4) is 0 Å². The second-order valence-electron chi connectivity index (χ2n) is 4.23. The van der Waals surface area contributed by atoms with E-state index in [9.17, 15) is 8.42 Å². The van der Waals surface area contributed by atoms with E-state index < -0.39 is 10.0 Å². The van der Waals surface area contributed by atoms with Crippen LogP contribution in [0.3, 0.4) is 0 Å². The molecule has 0 saturated heterocycles. The maximum atomic E-state index is 12.2. The van der Waals surface area contributed by atoms with Crippen LogP contribution in [0.25, 0.3) is 0 Å². The number of halogens is 1. The van der Waals surface area contributed by atoms with Gasteiger partial charge in [-0.05, 0) is 29.8 Å². The highest BCUT2D eigenvalue weighted by molar-refractivity contribution is 7.89. The summed E-state index contributed by atoms with van der Waals surface area (Å²) in [7, 11) is -1.86. The van der Waals surface area contributed by atoms with Gasteiger partial charge in [0.2, 0.25) is 10.0 Å². The SMILES string of the molecule is Cn1nccc1CNS(=O)(=O)c1ccc(Cl)c(CN)c1. The summed E-state index contributed by atoms with van der Waals surface area (Å²) in [6, 6.07) is 6.21. The van der Waals surface area contributed by atoms with E-state index in [0.717, 1.165) is 5.69 Å². The second-order valence-corrected chi connectivity index (χ2v) is 6.40. The highest BCUT2D eigenvalue weighted by Crippen LogP contribution is 2.20. The van der Waals surface area contributed by atoms with E-state index in [2.05, 4.69) is 9.82 Å². The minimum absolute atomic E-state index is 0.143. The summed E-state index contributed by atoms with van der Waals surface area (Å²) in [6.07, 6.45) is 1.61. The van der Waals surface area contributed by atoms with Gasteiger partial charge in [0.1, 0.15) is 0 Å². The molecule has 0 amide bonds. The molecule has 2 rings (SSSR count). The maximum Gasteiger partial charge on any atom is 0.240 e. The fourth-order valence-electron chi connectivity index (χ4n) is 1.70. The standard InChI is InChI=1S/C12H15ClN4O2S/c1-17-10(4-5-15-17)8-16-20(18,19)11-2-3-12(13)9(6-11)7-14/h2-6,16H,7-8,14H2,1H3. The molecule has 0 radical (unpaired) electrons. The Bertz CT molecular complexity index is 712. The van der Waals surface area contributed by atoms with E-state index in [1.165, 1.54) is 18.2 Å². The van der Waals surface area contributed by atoms with Crippen molar-refractivity contribution in [1.82, 2.24) is 14.5 Å². The van der Waals surface area contributed by atoms with E-state index in [4.69, 9.17) is 17.3 Å². The van der Waals surface area contributed by atoms with E-state index in [1.54, 1.807) is 24.0 Å². The van der Waals surface area contributed by atoms with Gasteiger partial charge in [-0.25, -0.2) is 13.1 Å². The van der Waals surface area contributed by atoms with Gasteiger partial charge >= 0.3 is 0 Å². The third kappa shape index (κ3) is 3.18. The third-order valence-corrected chi connectivity index (χ3v) is 4.68. The van der Waals surface area contributed by atoms with Crippen LogP contribution in [0.2, 0.25) is 5.02 Å². The van der Waals surface area contributed by atoms with E-state index in [-0.39, 0.29) is 18.0 Å². The number of hydrogen-bond donors (Lipinski definition) is 2. The first-order valence-electron chi connectivity index (χ1n) is 5.89. The van der Waals surface area contributed by atoms with Crippen molar-refractivity contribution in [2.24, 2.45) is 12.8 Å². The Morgan fingerprint density at radius 2 is 2.15 bits per heavy atom. The van der Waals surface area contributed by atoms with Gasteiger partial charge in [0, 0.05) is 24.8 Å². The zero-order valence-electron chi connectivity index (χ0n) is 10.9. The molecule has 3 N–H and O–H groups in total. The molecule has 8 heteroatoms. The van der Waals surface area contributed by atoms with Crippen LogP contribution in [0.1, 0.15) is 11.3 Å². The number of sulfonamides is 1. The molecule has 2 aromatic rings. The first-order chi connectivity index (χ1) is 9.44. The fourth-order valence-corrected chi connectivity index (χ4v) is 2.95. The van der Waals surface area contributed by atoms with Crippen LogP contribution in [-0.4, -0.2) is 18.2 Å². The summed E-state index contributed by atoms with van der Waals surface area (Å²) in [5.74, 6) is 0. The molecule has 6 nitrogen and oxygen atoms in total. The normalized spacial score (nSPS) is 11.8. The molecular formula is C12H15ClN4O2S. The smallest absolute Gasteiger partial charge is 0.240 e. The molecular weight excluding hydrogens is 300 g/mol. The van der Waals surface area contributed by atoms with Crippen molar-refractivity contribution in [3.05, 3.63) is 46.7 Å². The molecule has 0 aliphatic rings. The zero-order chi connectivity index (χ0) is 14.8. The molecule has 0 aliphatic carbocycles. The second kappa shape index (κ2) is 5.92. The minimum Gasteiger partial charge on any atom is -0.326 e. The minimum atomic E-state index is -3.61. The van der Waals surface area contributed by atoms with Gasteiger partial charge in [-0.15, -0.1) is 0 Å². The summed E-state index contributed by atoms with van der Waals surface area (Å²) in [6.45, 7) is 0.351. The number of rotatable bonds is 5. The average molecular weight is 315 g/mol. The molecule has 1 aromatic carbocycles. The maximum absolute atomic E-state index is 12.2. The number of hydrogen-bond acceptors (Lipinski definition) is 4. The van der Waals surface area contributed by atoms with Crippen molar-refractivity contribution < 1.29 is 8.42 Å². The van der Waals surface area contributed by atoms with Crippen LogP contribution < -0.4 is 10.5 Å². The van der Waals surface area contributed by atoms with Gasteiger partial charge in [-0.1, -0.05) is 11.6 Å². The Kier molecular flexibility index (Phi) is 4.44. The highest BCUT2D eigenvalue weighted by Gasteiger charge is 2.15. The lowest BCUT2D eigenvalue weighted by Gasteiger charge is -2.09. The Labute approximate surface area is 122 Å². The molecule has 20 heavy (non-hydrogen) atoms. The Morgan fingerprint density at radius 1 is 1.40 bits per heavy atom. The first-order valence-corrected chi connectivity index (χ1v) is 7.75. The highest BCUT2D eigenvalue weighted by atomic mass is 35.5. The number of benzene rings is 1. The van der Waals surface area contributed by atoms with Crippen molar-refractivity contribution in [2.45, 2.75) is 18.0 Å². The lowest BCUT2D eigenvalue weighted by Crippen LogP contribution is -2.24. The topological polar surface area (TPSA) is 90.0 Å². The number of nitrogens with two attached hydrogens (primary N) is 1. The van der Waals surface area contributed by atoms with Crippen LogP contribution in [0.4, 0.5) is 0 Å². The number of aromatic nitrogens is 2. The third-order valence-electron chi connectivity index (χ3n) is 2.91. The molecule has 0 saturated carbocycles. The monoisotopic (exact) mass is 314 g/mol. The summed E-state index contributed by atoms with van der Waals surface area (Å²) < 4.78 is 28.5. The van der Waals surface area contributed by atoms with Gasteiger partial charge in [0.05, 0.1) is 17.1 Å². The van der Waals surface area contributed by atoms with Gasteiger partial charge in [-0.2, -0.15) is 5.10 Å². The van der Waals surface area contributed by atoms with Crippen molar-refractivity contribution in [3.63, 3.8) is 0 Å². The molecule has 1 aromatic heterocycles. The zero-order valence-corrected chi connectivity index (χ0v) is 12.4. The Balaban J connectivity index is 2.20. The fraction of sp³-hybridized carbons (Fsp3) is 0.250. The number of nitrogens with one attached hydrogen (secondary N) is 1. The van der Waals surface area contributed by atoms with Crippen molar-refractivity contribution >= 4 is 21.6 Å². The van der Waals surface area contributed by atoms with E-state index in [0.29, 0.717) is 10.6 Å². The van der Waals surface area contributed by atoms with Gasteiger partial charge in [0.15, 0.2) is 0 Å². The number of aryl methyl sites for hydroxylation is 1. The number of nitrogens with zero attached hydrogens (tertiary/aromatic N) is 2. The predicted molar refractivity (Wildman–Crippen MR) is 76.6 cm³/mol. The molecule has 0 spiro atoms. The van der Waals surface area contributed by atoms with Crippen LogP contribution >= 0.6 is 11.6 Å². The van der Waals surface area contributed by atoms with Crippen LogP contribution in [-0.2, 0) is 30.2 Å². The predicted octanol–water partition coefficient (Wildman–Crippen LogP) is 1.01. The summed E-state index contributed by atoms with van der Waals surface area (Å²) in [5, 5.41) is 4.43. The van der Waals surface area contributed by atoms with Crippen LogP contribution in [0.15, 0.2) is 35.4 Å². The summed E-state index contributed by atoms with van der Waals surface area (Å²) in [4.78, 5) is 0.143. The summed E-state index contributed by atoms with van der Waals surface area (Å²) >= 11 is 5.92. The first kappa shape index (κ1) is 15.0. The van der Waals surface area contributed by atoms with Gasteiger partial charge < -0.3 is 5.73 Å². The molecule has 0 aliphatic heterocycles. The van der Waals surface area contributed by atoms with Crippen molar-refractivity contribution in [2.75, 3.05) is 0 Å². The molecule has 0 unspecified atom stereocenters. The summed E-state index contributed by atoms with van der Waals surface area (Å²) in [5.41, 5.74) is 6.88. The average Bonchev–Trinajstić information content (AvgIpc) is 2.82. The van der Waals surface area contributed by atoms with Crippen molar-refractivity contribution in [1.29, 1.82) is 0 Å². The Hall–Kier alpha value is -1.41. The lowest BCUT2D eigenvalue weighted by atomic mass is 10.2. The van der Waals surface area contributed by atoms with Crippen LogP contribution in [0.5, 0.6) is 0 Å². The van der Waals surface area contributed by atoms with Gasteiger partial charge in [-0.3, -0.25) is 4.68 Å². The largest absolute Gasteiger partial charge is 0.326 e. The molecule has 0 atom stereocenters. The lowest BCUT2D eigenvalue weighted by molar-refractivity contribution is 0.577. The Morgan fingerprint density at radius 3 is 2.75 bits per heavy atom. The van der Waals surface area contributed by atoms with E-state index >= 15 is 0 Å². The molecule has 108 valence electrons. The quantitative estimate of drug-likeness (QED) is 0.862. The van der Waals surface area contributed by atoms with Gasteiger partial charge in [0.25, 0.3) is 0 Å². The van der Waals surface area contributed by atoms with Crippen LogP contribution in [0, 0.1) is 0 Å². The van der Waals surface area contributed by atoms with E-state index in [1.807, 2.05) is 0 Å². The molecule has 1 heterocycles. The molecule has 0 bridgehead atoms.